The lowest BCUT2D eigenvalue weighted by atomic mass is 9.76. The van der Waals surface area contributed by atoms with Crippen molar-refractivity contribution in [3.8, 4) is 17.3 Å². The molecular formula is C30H33FN4O2. The molecule has 0 spiro atoms. The van der Waals surface area contributed by atoms with Gasteiger partial charge in [0.1, 0.15) is 11.5 Å². The van der Waals surface area contributed by atoms with Crippen molar-refractivity contribution in [2.45, 2.75) is 57.0 Å². The van der Waals surface area contributed by atoms with Crippen LogP contribution in [-0.4, -0.2) is 47.6 Å². The van der Waals surface area contributed by atoms with Gasteiger partial charge in [0.2, 0.25) is 0 Å². The van der Waals surface area contributed by atoms with Gasteiger partial charge in [0.15, 0.2) is 0 Å². The number of aromatic amines is 1. The summed E-state index contributed by atoms with van der Waals surface area (Å²) < 4.78 is 21.1. The van der Waals surface area contributed by atoms with Crippen LogP contribution >= 0.6 is 0 Å². The van der Waals surface area contributed by atoms with E-state index in [1.807, 2.05) is 19.2 Å². The maximum absolute atomic E-state index is 15.9. The Labute approximate surface area is 217 Å². The van der Waals surface area contributed by atoms with E-state index in [1.165, 1.54) is 12.0 Å². The number of piperidine rings is 1. The summed E-state index contributed by atoms with van der Waals surface area (Å²) in [5.74, 6) is 1.28. The summed E-state index contributed by atoms with van der Waals surface area (Å²) in [5.41, 5.74) is 3.98. The molecular weight excluding hydrogens is 467 g/mol. The number of methoxy groups -OCH3 is 1. The number of likely N-dealkylation sites (tertiary alicyclic amines) is 1. The topological polar surface area (TPSA) is 82.0 Å². The van der Waals surface area contributed by atoms with E-state index in [9.17, 15) is 10.1 Å². The van der Waals surface area contributed by atoms with Gasteiger partial charge < -0.3 is 14.6 Å². The summed E-state index contributed by atoms with van der Waals surface area (Å²) in [6, 6.07) is 13.1. The molecule has 1 saturated heterocycles. The molecule has 3 aromatic rings. The molecule has 37 heavy (non-hydrogen) atoms. The van der Waals surface area contributed by atoms with E-state index >= 15 is 4.39 Å². The zero-order valence-corrected chi connectivity index (χ0v) is 21.5. The predicted molar refractivity (Wildman–Crippen MR) is 140 cm³/mol. The minimum absolute atomic E-state index is 0.0753. The third kappa shape index (κ3) is 4.91. The van der Waals surface area contributed by atoms with Crippen molar-refractivity contribution < 1.29 is 13.9 Å². The summed E-state index contributed by atoms with van der Waals surface area (Å²) in [6.45, 7) is 3.19. The van der Waals surface area contributed by atoms with E-state index < -0.39 is 5.67 Å². The van der Waals surface area contributed by atoms with Crippen molar-refractivity contribution >= 4 is 5.91 Å². The molecule has 2 heterocycles. The number of H-pyrrole nitrogens is 1. The second kappa shape index (κ2) is 10.5. The molecule has 2 aliphatic rings. The van der Waals surface area contributed by atoms with Gasteiger partial charge in [-0.25, -0.2) is 9.37 Å². The van der Waals surface area contributed by atoms with Gasteiger partial charge in [0.05, 0.1) is 30.1 Å². The fraction of sp³-hybridized carbons (Fsp3) is 0.433. The summed E-state index contributed by atoms with van der Waals surface area (Å²) in [6.07, 6.45) is 6.41. The van der Waals surface area contributed by atoms with Crippen molar-refractivity contribution in [2.24, 2.45) is 0 Å². The summed E-state index contributed by atoms with van der Waals surface area (Å²) in [4.78, 5) is 23.4. The Balaban J connectivity index is 1.40. The molecule has 0 atom stereocenters. The number of aromatic nitrogens is 2. The number of nitriles is 1. The number of nitrogens with one attached hydrogen (secondary N) is 1. The first kappa shape index (κ1) is 25.2. The average molecular weight is 501 g/mol. The zero-order valence-electron chi connectivity index (χ0n) is 21.5. The van der Waals surface area contributed by atoms with Crippen molar-refractivity contribution in [1.29, 1.82) is 5.26 Å². The number of alkyl halides is 1. The number of halogens is 1. The Morgan fingerprint density at radius 3 is 2.70 bits per heavy atom. The van der Waals surface area contributed by atoms with Crippen LogP contribution in [0.3, 0.4) is 0 Å². The highest BCUT2D eigenvalue weighted by atomic mass is 19.1. The van der Waals surface area contributed by atoms with Crippen LogP contribution in [0.15, 0.2) is 42.6 Å². The van der Waals surface area contributed by atoms with E-state index in [-0.39, 0.29) is 18.7 Å². The molecule has 1 saturated carbocycles. The van der Waals surface area contributed by atoms with Crippen LogP contribution in [0.2, 0.25) is 0 Å². The Morgan fingerprint density at radius 2 is 2.03 bits per heavy atom. The summed E-state index contributed by atoms with van der Waals surface area (Å²) in [5, 5.41) is 9.44. The second-order valence-corrected chi connectivity index (χ2v) is 10.3. The van der Waals surface area contributed by atoms with Crippen molar-refractivity contribution in [1.82, 2.24) is 14.9 Å². The molecule has 1 N–H and O–H groups in total. The fourth-order valence-electron chi connectivity index (χ4n) is 5.55. The molecule has 7 heteroatoms. The Kier molecular flexibility index (Phi) is 7.12. The zero-order chi connectivity index (χ0) is 26.0. The number of benzene rings is 2. The molecule has 0 bridgehead atoms. The molecule has 0 unspecified atom stereocenters. The average Bonchev–Trinajstić information content (AvgIpc) is 3.35. The maximum Gasteiger partial charge on any atom is 0.254 e. The first-order valence-electron chi connectivity index (χ1n) is 13.1. The van der Waals surface area contributed by atoms with E-state index in [2.05, 4.69) is 22.1 Å². The minimum atomic E-state index is -1.61. The number of rotatable bonds is 7. The number of nitrogens with zero attached hydrogens (tertiary/aromatic N) is 3. The van der Waals surface area contributed by atoms with Crippen molar-refractivity contribution in [3.05, 3.63) is 76.2 Å². The summed E-state index contributed by atoms with van der Waals surface area (Å²) in [7, 11) is 1.67. The van der Waals surface area contributed by atoms with E-state index in [4.69, 9.17) is 4.74 Å². The van der Waals surface area contributed by atoms with Crippen LogP contribution in [0.5, 0.6) is 0 Å². The van der Waals surface area contributed by atoms with Crippen LogP contribution in [-0.2, 0) is 16.8 Å². The largest absolute Gasteiger partial charge is 0.384 e. The number of ether oxygens (including phenoxy) is 1. The number of carbonyl (C=O) groups is 1. The molecule has 192 valence electrons. The predicted octanol–water partition coefficient (Wildman–Crippen LogP) is 5.81. The Morgan fingerprint density at radius 1 is 1.27 bits per heavy atom. The normalized spacial score (nSPS) is 17.3. The van der Waals surface area contributed by atoms with Gasteiger partial charge in [0, 0.05) is 56.2 Å². The number of imidazole rings is 1. The van der Waals surface area contributed by atoms with Gasteiger partial charge in [-0.1, -0.05) is 30.7 Å². The number of hydrogen-bond donors (Lipinski definition) is 1. The first-order chi connectivity index (χ1) is 17.9. The highest BCUT2D eigenvalue weighted by Crippen LogP contribution is 2.43. The van der Waals surface area contributed by atoms with E-state index in [0.29, 0.717) is 48.7 Å². The molecule has 6 nitrogen and oxygen atoms in total. The smallest absolute Gasteiger partial charge is 0.254 e. The number of amides is 1. The maximum atomic E-state index is 15.9. The monoisotopic (exact) mass is 500 g/mol. The molecule has 1 aromatic heterocycles. The third-order valence-electron chi connectivity index (χ3n) is 8.01. The van der Waals surface area contributed by atoms with Gasteiger partial charge in [0.25, 0.3) is 5.91 Å². The number of carbonyl (C=O) groups excluding carboxylic acids is 1. The van der Waals surface area contributed by atoms with E-state index in [0.717, 1.165) is 35.5 Å². The molecule has 1 amide bonds. The molecule has 0 radical (unpaired) electrons. The van der Waals surface area contributed by atoms with Crippen LogP contribution in [0.25, 0.3) is 11.3 Å². The lowest BCUT2D eigenvalue weighted by molar-refractivity contribution is 0.0420. The Hall–Kier alpha value is -3.50. The van der Waals surface area contributed by atoms with Gasteiger partial charge in [-0.2, -0.15) is 5.26 Å². The standard InChI is InChI=1S/C30H33FN4O2/c1-20-16-24(21-7-5-8-21)25(27-19-33-28(34-27)10-15-37-2)17-23(20)29(36)35-13-11-30(31,12-14-35)26-9-4-3-6-22(26)18-32/h3-4,6,9,16-17,19,21H,5,7-8,10-15H2,1-2H3,(H,33,34). The van der Waals surface area contributed by atoms with Crippen molar-refractivity contribution in [3.63, 3.8) is 0 Å². The Bertz CT molecular complexity index is 1330. The van der Waals surface area contributed by atoms with Gasteiger partial charge >= 0.3 is 0 Å². The number of aryl methyl sites for hydroxylation is 1. The van der Waals surface area contributed by atoms with Crippen LogP contribution in [0, 0.1) is 18.3 Å². The van der Waals surface area contributed by atoms with Crippen LogP contribution in [0.4, 0.5) is 4.39 Å². The van der Waals surface area contributed by atoms with Gasteiger partial charge in [-0.3, -0.25) is 4.79 Å². The molecule has 1 aliphatic carbocycles. The second-order valence-electron chi connectivity index (χ2n) is 10.3. The number of hydrogen-bond acceptors (Lipinski definition) is 4. The van der Waals surface area contributed by atoms with Crippen molar-refractivity contribution in [2.75, 3.05) is 26.8 Å². The molecule has 1 aliphatic heterocycles. The fourth-order valence-corrected chi connectivity index (χ4v) is 5.55. The highest BCUT2D eigenvalue weighted by molar-refractivity contribution is 5.97. The van der Waals surface area contributed by atoms with E-state index in [1.54, 1.807) is 36.3 Å². The molecule has 2 aromatic carbocycles. The third-order valence-corrected chi connectivity index (χ3v) is 8.01. The van der Waals surface area contributed by atoms with Crippen LogP contribution in [0.1, 0.15) is 76.5 Å². The highest BCUT2D eigenvalue weighted by Gasteiger charge is 2.39. The van der Waals surface area contributed by atoms with Crippen LogP contribution < -0.4 is 0 Å². The molecule has 5 rings (SSSR count). The lowest BCUT2D eigenvalue weighted by Crippen LogP contribution is -2.43. The quantitative estimate of drug-likeness (QED) is 0.444. The minimum Gasteiger partial charge on any atom is -0.384 e. The van der Waals surface area contributed by atoms with Gasteiger partial charge in [-0.15, -0.1) is 0 Å². The van der Waals surface area contributed by atoms with Gasteiger partial charge in [-0.05, 0) is 48.9 Å². The lowest BCUT2D eigenvalue weighted by Gasteiger charge is -2.37. The molecule has 2 fully saturated rings. The SMILES string of the molecule is COCCc1ncc(-c2cc(C(=O)N3CCC(F)(c4ccccc4C#N)CC3)c(C)cc2C2CCC2)[nH]1. The summed E-state index contributed by atoms with van der Waals surface area (Å²) >= 11 is 0. The first-order valence-corrected chi connectivity index (χ1v) is 13.1.